The van der Waals surface area contributed by atoms with Crippen molar-refractivity contribution >= 4 is 10.9 Å². The van der Waals surface area contributed by atoms with Gasteiger partial charge in [-0.2, -0.15) is 0 Å². The fourth-order valence-corrected chi connectivity index (χ4v) is 2.98. The van der Waals surface area contributed by atoms with Crippen LogP contribution in [0.25, 0.3) is 10.9 Å². The van der Waals surface area contributed by atoms with Crippen molar-refractivity contribution in [2.45, 2.75) is 44.4 Å². The Hall–Kier alpha value is -1.72. The molecular weight excluding hydrogens is 266 g/mol. The molecule has 1 fully saturated rings. The summed E-state index contributed by atoms with van der Waals surface area (Å²) in [6.45, 7) is 1.61. The van der Waals surface area contributed by atoms with Gasteiger partial charge in [-0.15, -0.1) is 0 Å². The molecule has 0 radical (unpaired) electrons. The number of aliphatic hydroxyl groups is 1. The molecule has 0 aliphatic carbocycles. The molecule has 1 unspecified atom stereocenters. The van der Waals surface area contributed by atoms with Crippen LogP contribution in [0.2, 0.25) is 0 Å². The minimum atomic E-state index is -0.259. The van der Waals surface area contributed by atoms with E-state index in [1.807, 2.05) is 24.3 Å². The second-order valence-electron chi connectivity index (χ2n) is 5.67. The van der Waals surface area contributed by atoms with Gasteiger partial charge in [0, 0.05) is 12.6 Å². The third-order valence-electron chi connectivity index (χ3n) is 4.19. The Bertz CT molecular complexity index is 668. The second-order valence-corrected chi connectivity index (χ2v) is 5.67. The van der Waals surface area contributed by atoms with E-state index in [4.69, 9.17) is 0 Å². The zero-order valence-electron chi connectivity index (χ0n) is 12.0. The summed E-state index contributed by atoms with van der Waals surface area (Å²) in [7, 11) is 0. The lowest BCUT2D eigenvalue weighted by molar-refractivity contribution is 0.0908. The Morgan fingerprint density at radius 1 is 1.38 bits per heavy atom. The van der Waals surface area contributed by atoms with Crippen LogP contribution in [0, 0.1) is 0 Å². The molecule has 5 nitrogen and oxygen atoms in total. The molecule has 1 aromatic carbocycles. The van der Waals surface area contributed by atoms with E-state index in [9.17, 15) is 9.90 Å². The van der Waals surface area contributed by atoms with E-state index in [0.717, 1.165) is 37.7 Å². The van der Waals surface area contributed by atoms with Gasteiger partial charge in [-0.25, -0.2) is 4.98 Å². The van der Waals surface area contributed by atoms with E-state index in [1.165, 1.54) is 0 Å². The zero-order chi connectivity index (χ0) is 14.7. The highest BCUT2D eigenvalue weighted by Gasteiger charge is 2.21. The molecule has 3 rings (SSSR count). The summed E-state index contributed by atoms with van der Waals surface area (Å²) < 4.78 is 1.66. The van der Waals surface area contributed by atoms with Crippen molar-refractivity contribution in [3.63, 3.8) is 0 Å². The molecule has 1 saturated heterocycles. The van der Waals surface area contributed by atoms with Crippen LogP contribution in [-0.4, -0.2) is 33.3 Å². The quantitative estimate of drug-likeness (QED) is 0.889. The Balaban J connectivity index is 1.65. The monoisotopic (exact) mass is 287 g/mol. The van der Waals surface area contributed by atoms with Gasteiger partial charge in [0.15, 0.2) is 0 Å². The smallest absolute Gasteiger partial charge is 0.261 e. The number of fused-ring (bicyclic) bond motifs is 1. The molecule has 2 aromatic rings. The summed E-state index contributed by atoms with van der Waals surface area (Å²) in [5.41, 5.74) is 0.751. The molecule has 0 bridgehead atoms. The maximum absolute atomic E-state index is 12.3. The van der Waals surface area contributed by atoms with E-state index < -0.39 is 0 Å². The largest absolute Gasteiger partial charge is 0.392 e. The topological polar surface area (TPSA) is 67.2 Å². The number of rotatable bonds is 4. The molecule has 112 valence electrons. The molecular formula is C16H21N3O2. The van der Waals surface area contributed by atoms with Crippen LogP contribution in [0.1, 0.15) is 25.7 Å². The molecule has 0 saturated carbocycles. The molecule has 1 aliphatic rings. The van der Waals surface area contributed by atoms with Gasteiger partial charge < -0.3 is 10.4 Å². The van der Waals surface area contributed by atoms with Crippen LogP contribution in [0.5, 0.6) is 0 Å². The van der Waals surface area contributed by atoms with Crippen molar-refractivity contribution in [2.24, 2.45) is 0 Å². The predicted molar refractivity (Wildman–Crippen MR) is 82.3 cm³/mol. The summed E-state index contributed by atoms with van der Waals surface area (Å²) in [5.74, 6) is 0. The van der Waals surface area contributed by atoms with E-state index in [2.05, 4.69) is 10.3 Å². The van der Waals surface area contributed by atoms with E-state index >= 15 is 0 Å². The maximum Gasteiger partial charge on any atom is 0.261 e. The summed E-state index contributed by atoms with van der Waals surface area (Å²) in [6.07, 6.45) is 5.00. The summed E-state index contributed by atoms with van der Waals surface area (Å²) in [6, 6.07) is 7.56. The van der Waals surface area contributed by atoms with Gasteiger partial charge in [0.25, 0.3) is 5.56 Å². The van der Waals surface area contributed by atoms with Crippen LogP contribution in [-0.2, 0) is 6.54 Å². The van der Waals surface area contributed by atoms with Crippen LogP contribution in [0.3, 0.4) is 0 Å². The number of benzene rings is 1. The number of hydrogen-bond donors (Lipinski definition) is 2. The van der Waals surface area contributed by atoms with Crippen LogP contribution in [0.15, 0.2) is 35.4 Å². The summed E-state index contributed by atoms with van der Waals surface area (Å²) in [4.78, 5) is 16.7. The standard InChI is InChI=1S/C16H21N3O2/c20-15-8-3-9-17-14(15)7-4-10-19-11-18-13-6-2-1-5-12(13)16(19)21/h1-2,5-6,11,14-15,17,20H,3-4,7-10H2/t14?,15-/m0/s1. The van der Waals surface area contributed by atoms with Gasteiger partial charge in [0.1, 0.15) is 0 Å². The number of nitrogens with zero attached hydrogens (tertiary/aromatic N) is 2. The first-order valence-corrected chi connectivity index (χ1v) is 7.61. The molecule has 0 spiro atoms. The lowest BCUT2D eigenvalue weighted by Crippen LogP contribution is -2.44. The number of piperidine rings is 1. The minimum absolute atomic E-state index is 0.0118. The number of aryl methyl sites for hydroxylation is 1. The van der Waals surface area contributed by atoms with Gasteiger partial charge in [-0.3, -0.25) is 9.36 Å². The van der Waals surface area contributed by atoms with E-state index in [-0.39, 0.29) is 17.7 Å². The summed E-state index contributed by atoms with van der Waals surface area (Å²) in [5, 5.41) is 13.9. The minimum Gasteiger partial charge on any atom is -0.392 e. The van der Waals surface area contributed by atoms with Gasteiger partial charge in [0.2, 0.25) is 0 Å². The highest BCUT2D eigenvalue weighted by molar-refractivity contribution is 5.76. The molecule has 2 N–H and O–H groups in total. The van der Waals surface area contributed by atoms with Crippen molar-refractivity contribution < 1.29 is 5.11 Å². The predicted octanol–water partition coefficient (Wildman–Crippen LogP) is 1.29. The van der Waals surface area contributed by atoms with Crippen LogP contribution >= 0.6 is 0 Å². The normalized spacial score (nSPS) is 22.5. The number of nitrogens with one attached hydrogen (secondary N) is 1. The number of para-hydroxylation sites is 1. The fourth-order valence-electron chi connectivity index (χ4n) is 2.98. The average molecular weight is 287 g/mol. The van der Waals surface area contributed by atoms with Gasteiger partial charge in [-0.1, -0.05) is 12.1 Å². The third-order valence-corrected chi connectivity index (χ3v) is 4.19. The molecule has 5 heteroatoms. The van der Waals surface area contributed by atoms with Gasteiger partial charge in [0.05, 0.1) is 23.3 Å². The third kappa shape index (κ3) is 3.14. The van der Waals surface area contributed by atoms with Crippen molar-refractivity contribution in [1.82, 2.24) is 14.9 Å². The molecule has 1 aliphatic heterocycles. The van der Waals surface area contributed by atoms with Crippen LogP contribution in [0.4, 0.5) is 0 Å². The molecule has 1 aromatic heterocycles. The van der Waals surface area contributed by atoms with Crippen LogP contribution < -0.4 is 10.9 Å². The number of aliphatic hydroxyl groups excluding tert-OH is 1. The average Bonchev–Trinajstić information content (AvgIpc) is 2.52. The zero-order valence-corrected chi connectivity index (χ0v) is 12.0. The molecule has 2 heterocycles. The first kappa shape index (κ1) is 14.2. The Morgan fingerprint density at radius 3 is 3.10 bits per heavy atom. The van der Waals surface area contributed by atoms with E-state index in [1.54, 1.807) is 10.9 Å². The SMILES string of the molecule is O=c1c2ccccc2ncn1CCCC1NCCC[C@@H]1O. The Kier molecular flexibility index (Phi) is 4.31. The second kappa shape index (κ2) is 6.37. The van der Waals surface area contributed by atoms with Gasteiger partial charge >= 0.3 is 0 Å². The fraction of sp³-hybridized carbons (Fsp3) is 0.500. The first-order chi connectivity index (χ1) is 10.3. The molecule has 2 atom stereocenters. The van der Waals surface area contributed by atoms with Crippen molar-refractivity contribution in [3.05, 3.63) is 40.9 Å². The highest BCUT2D eigenvalue weighted by atomic mass is 16.3. The Labute approximate surface area is 123 Å². The maximum atomic E-state index is 12.3. The Morgan fingerprint density at radius 2 is 2.24 bits per heavy atom. The molecule has 0 amide bonds. The number of hydrogen-bond acceptors (Lipinski definition) is 4. The molecule has 21 heavy (non-hydrogen) atoms. The first-order valence-electron chi connectivity index (χ1n) is 7.61. The van der Waals surface area contributed by atoms with Crippen molar-refractivity contribution in [2.75, 3.05) is 6.54 Å². The van der Waals surface area contributed by atoms with E-state index in [0.29, 0.717) is 11.9 Å². The van der Waals surface area contributed by atoms with Gasteiger partial charge in [-0.05, 0) is 44.4 Å². The van der Waals surface area contributed by atoms with Crippen molar-refractivity contribution in [3.8, 4) is 0 Å². The lowest BCUT2D eigenvalue weighted by Gasteiger charge is -2.28. The number of aromatic nitrogens is 2. The highest BCUT2D eigenvalue weighted by Crippen LogP contribution is 2.13. The summed E-state index contributed by atoms with van der Waals surface area (Å²) >= 11 is 0. The van der Waals surface area contributed by atoms with Crippen molar-refractivity contribution in [1.29, 1.82) is 0 Å². The lowest BCUT2D eigenvalue weighted by atomic mass is 9.97.